The molecule has 0 saturated heterocycles. The fourth-order valence-electron chi connectivity index (χ4n) is 2.75. The second-order valence-electron chi connectivity index (χ2n) is 6.25. The lowest BCUT2D eigenvalue weighted by Gasteiger charge is -2.06. The number of hydrogen-bond donors (Lipinski definition) is 3. The van der Waals surface area contributed by atoms with Crippen LogP contribution in [-0.2, 0) is 11.2 Å². The molecule has 0 atom stereocenters. The molecule has 0 amide bonds. The Labute approximate surface area is 147 Å². The predicted octanol–water partition coefficient (Wildman–Crippen LogP) is 4.22. The third kappa shape index (κ3) is 8.88. The lowest BCUT2D eigenvalue weighted by molar-refractivity contribution is -0.137. The molecule has 1 aromatic rings. The molecule has 138 valence electrons. The first kappa shape index (κ1) is 20.7. The van der Waals surface area contributed by atoms with Gasteiger partial charge in [0.2, 0.25) is 0 Å². The fraction of sp³-hybridized carbons (Fsp3) is 0.526. The molecule has 1 aromatic carbocycles. The van der Waals surface area contributed by atoms with E-state index in [0.29, 0.717) is 6.42 Å². The molecule has 0 fully saturated rings. The molecule has 0 radical (unpaired) electrons. The van der Waals surface area contributed by atoms with Gasteiger partial charge in [0.05, 0.1) is 11.1 Å². The molecule has 0 bridgehead atoms. The van der Waals surface area contributed by atoms with Gasteiger partial charge >= 0.3 is 17.9 Å². The summed E-state index contributed by atoms with van der Waals surface area (Å²) in [6.07, 6.45) is 8.82. The van der Waals surface area contributed by atoms with Crippen molar-refractivity contribution in [1.82, 2.24) is 0 Å². The summed E-state index contributed by atoms with van der Waals surface area (Å²) in [7, 11) is 0. The summed E-state index contributed by atoms with van der Waals surface area (Å²) < 4.78 is 0. The SMILES string of the molecule is O=C(O)CCCCCCCCCCc1cc(C(=O)O)cc(C(=O)O)c1. The molecule has 6 nitrogen and oxygen atoms in total. The highest BCUT2D eigenvalue weighted by Gasteiger charge is 2.11. The highest BCUT2D eigenvalue weighted by atomic mass is 16.4. The summed E-state index contributed by atoms with van der Waals surface area (Å²) in [5.41, 5.74) is 0.762. The number of benzene rings is 1. The van der Waals surface area contributed by atoms with Crippen LogP contribution in [0.15, 0.2) is 18.2 Å². The highest BCUT2D eigenvalue weighted by Crippen LogP contribution is 2.15. The zero-order chi connectivity index (χ0) is 18.7. The third-order valence-corrected chi connectivity index (χ3v) is 4.09. The number of aliphatic carboxylic acids is 1. The van der Waals surface area contributed by atoms with Gasteiger partial charge in [0.15, 0.2) is 0 Å². The summed E-state index contributed by atoms with van der Waals surface area (Å²) in [6, 6.07) is 4.26. The molecule has 0 aliphatic rings. The van der Waals surface area contributed by atoms with Crippen molar-refractivity contribution in [2.45, 2.75) is 64.2 Å². The molecule has 0 aliphatic carbocycles. The molecule has 0 unspecified atom stereocenters. The number of carboxylic acid groups (broad SMARTS) is 3. The summed E-state index contributed by atoms with van der Waals surface area (Å²) in [4.78, 5) is 32.5. The number of carboxylic acids is 3. The molecular weight excluding hydrogens is 324 g/mol. The number of hydrogen-bond acceptors (Lipinski definition) is 3. The Morgan fingerprint density at radius 2 is 1.08 bits per heavy atom. The molecule has 0 spiro atoms. The molecule has 0 saturated carbocycles. The topological polar surface area (TPSA) is 112 Å². The van der Waals surface area contributed by atoms with Gasteiger partial charge in [-0.15, -0.1) is 0 Å². The summed E-state index contributed by atoms with van der Waals surface area (Å²) in [5, 5.41) is 26.6. The monoisotopic (exact) mass is 350 g/mol. The van der Waals surface area contributed by atoms with Crippen molar-refractivity contribution in [1.29, 1.82) is 0 Å². The Bertz CT molecular complexity index is 561. The van der Waals surface area contributed by atoms with E-state index in [4.69, 9.17) is 15.3 Å². The van der Waals surface area contributed by atoms with Crippen molar-refractivity contribution in [3.05, 3.63) is 34.9 Å². The number of carbonyl (C=O) groups is 3. The van der Waals surface area contributed by atoms with Crippen LogP contribution in [0.4, 0.5) is 0 Å². The fourth-order valence-corrected chi connectivity index (χ4v) is 2.75. The van der Waals surface area contributed by atoms with Crippen LogP contribution in [0, 0.1) is 0 Å². The van der Waals surface area contributed by atoms with Crippen LogP contribution in [0.3, 0.4) is 0 Å². The van der Waals surface area contributed by atoms with Crippen LogP contribution in [0.2, 0.25) is 0 Å². The van der Waals surface area contributed by atoms with E-state index in [0.717, 1.165) is 56.9 Å². The van der Waals surface area contributed by atoms with Crippen LogP contribution >= 0.6 is 0 Å². The molecular formula is C19H26O6. The van der Waals surface area contributed by atoms with Crippen LogP contribution in [0.25, 0.3) is 0 Å². The van der Waals surface area contributed by atoms with Crippen LogP contribution in [0.5, 0.6) is 0 Å². The number of unbranched alkanes of at least 4 members (excludes halogenated alkanes) is 7. The average molecular weight is 350 g/mol. The van der Waals surface area contributed by atoms with Crippen molar-refractivity contribution in [2.24, 2.45) is 0 Å². The van der Waals surface area contributed by atoms with E-state index in [-0.39, 0.29) is 17.5 Å². The smallest absolute Gasteiger partial charge is 0.335 e. The number of aromatic carboxylic acids is 2. The Kier molecular flexibility index (Phi) is 9.29. The molecule has 25 heavy (non-hydrogen) atoms. The molecule has 0 aromatic heterocycles. The summed E-state index contributed by atoms with van der Waals surface area (Å²) in [5.74, 6) is -2.97. The van der Waals surface area contributed by atoms with E-state index in [9.17, 15) is 14.4 Å². The van der Waals surface area contributed by atoms with Gasteiger partial charge in [-0.3, -0.25) is 4.79 Å². The lowest BCUT2D eigenvalue weighted by atomic mass is 10.00. The Balaban J connectivity index is 2.24. The van der Waals surface area contributed by atoms with Gasteiger partial charge < -0.3 is 15.3 Å². The van der Waals surface area contributed by atoms with Gasteiger partial charge in [-0.2, -0.15) is 0 Å². The standard InChI is InChI=1S/C19H26O6/c20-17(21)10-8-6-4-2-1-3-5-7-9-14-11-15(18(22)23)13-16(12-14)19(24)25/h11-13H,1-10H2,(H,20,21)(H,22,23)(H,24,25). The molecule has 6 heteroatoms. The first-order chi connectivity index (χ1) is 11.9. The van der Waals surface area contributed by atoms with Gasteiger partial charge in [-0.25, -0.2) is 9.59 Å². The van der Waals surface area contributed by atoms with Crippen LogP contribution in [-0.4, -0.2) is 33.2 Å². The van der Waals surface area contributed by atoms with Gasteiger partial charge in [0, 0.05) is 6.42 Å². The van der Waals surface area contributed by atoms with E-state index in [1.54, 1.807) is 0 Å². The van der Waals surface area contributed by atoms with Crippen molar-refractivity contribution >= 4 is 17.9 Å². The Morgan fingerprint density at radius 1 is 0.640 bits per heavy atom. The number of aryl methyl sites for hydroxylation is 1. The van der Waals surface area contributed by atoms with Crippen molar-refractivity contribution in [2.75, 3.05) is 0 Å². The quantitative estimate of drug-likeness (QED) is 0.459. The maximum atomic E-state index is 11.1. The van der Waals surface area contributed by atoms with E-state index in [1.165, 1.54) is 18.2 Å². The van der Waals surface area contributed by atoms with E-state index < -0.39 is 17.9 Å². The molecule has 0 aliphatic heterocycles. The zero-order valence-electron chi connectivity index (χ0n) is 14.4. The van der Waals surface area contributed by atoms with Gasteiger partial charge in [-0.1, -0.05) is 38.5 Å². The van der Waals surface area contributed by atoms with E-state index in [1.807, 2.05) is 0 Å². The summed E-state index contributed by atoms with van der Waals surface area (Å²) >= 11 is 0. The van der Waals surface area contributed by atoms with Gasteiger partial charge in [0.1, 0.15) is 0 Å². The largest absolute Gasteiger partial charge is 0.481 e. The average Bonchev–Trinajstić information content (AvgIpc) is 2.55. The second kappa shape index (κ2) is 11.2. The summed E-state index contributed by atoms with van der Waals surface area (Å²) in [6.45, 7) is 0. The maximum absolute atomic E-state index is 11.1. The van der Waals surface area contributed by atoms with E-state index in [2.05, 4.69) is 0 Å². The first-order valence-electron chi connectivity index (χ1n) is 8.72. The second-order valence-corrected chi connectivity index (χ2v) is 6.25. The minimum Gasteiger partial charge on any atom is -0.481 e. The third-order valence-electron chi connectivity index (χ3n) is 4.09. The van der Waals surface area contributed by atoms with Crippen molar-refractivity contribution in [3.63, 3.8) is 0 Å². The van der Waals surface area contributed by atoms with Crippen molar-refractivity contribution < 1.29 is 29.7 Å². The highest BCUT2D eigenvalue weighted by molar-refractivity contribution is 5.94. The van der Waals surface area contributed by atoms with E-state index >= 15 is 0 Å². The lowest BCUT2D eigenvalue weighted by Crippen LogP contribution is -2.04. The zero-order valence-corrected chi connectivity index (χ0v) is 14.4. The first-order valence-corrected chi connectivity index (χ1v) is 8.72. The molecule has 3 N–H and O–H groups in total. The van der Waals surface area contributed by atoms with Gasteiger partial charge in [0.25, 0.3) is 0 Å². The molecule has 1 rings (SSSR count). The van der Waals surface area contributed by atoms with Crippen LogP contribution < -0.4 is 0 Å². The normalized spacial score (nSPS) is 10.6. The molecule has 0 heterocycles. The maximum Gasteiger partial charge on any atom is 0.335 e. The predicted molar refractivity (Wildman–Crippen MR) is 93.3 cm³/mol. The van der Waals surface area contributed by atoms with Crippen molar-refractivity contribution in [3.8, 4) is 0 Å². The Hall–Kier alpha value is -2.37. The van der Waals surface area contributed by atoms with Gasteiger partial charge in [-0.05, 0) is 43.0 Å². The minimum absolute atomic E-state index is 0.0104. The minimum atomic E-state index is -1.12. The number of rotatable bonds is 13. The van der Waals surface area contributed by atoms with Crippen LogP contribution in [0.1, 0.15) is 84.1 Å². The Morgan fingerprint density at radius 3 is 1.52 bits per heavy atom.